The molecule has 148 valence electrons. The van der Waals surface area contributed by atoms with E-state index in [0.29, 0.717) is 23.9 Å². The molecule has 1 heterocycles. The number of hydrogen-bond donors (Lipinski definition) is 2. The van der Waals surface area contributed by atoms with Crippen LogP contribution in [-0.4, -0.2) is 54.5 Å². The number of rotatable bonds is 9. The average molecular weight is 393 g/mol. The fraction of sp³-hybridized carbons (Fsp3) is 0.500. The number of amides is 2. The number of fused-ring (bicyclic) bond motifs is 1. The molecule has 7 heteroatoms. The van der Waals surface area contributed by atoms with Crippen molar-refractivity contribution in [3.8, 4) is 0 Å². The highest BCUT2D eigenvalue weighted by Crippen LogP contribution is 2.20. The molecule has 0 spiro atoms. The van der Waals surface area contributed by atoms with Gasteiger partial charge in [-0.05, 0) is 50.0 Å². The standard InChI is InChI=1S/C20H29ClN4O2/c1-14(2)11-17(20(27)22-8-10-24(3)4)23-19(26)13-25-9-7-15-5-6-16(21)12-18(15)25/h5-7,9,12,14,17H,8,10-11,13H2,1-4H3,(H,22,27)(H,23,26)/t17-/m0/s1. The molecule has 0 aliphatic carbocycles. The molecule has 1 atom stereocenters. The lowest BCUT2D eigenvalue weighted by molar-refractivity contribution is -0.129. The maximum atomic E-state index is 12.6. The van der Waals surface area contributed by atoms with Crippen molar-refractivity contribution >= 4 is 34.3 Å². The summed E-state index contributed by atoms with van der Waals surface area (Å²) in [6, 6.07) is 6.99. The first-order valence-electron chi connectivity index (χ1n) is 9.22. The monoisotopic (exact) mass is 392 g/mol. The second-order valence-corrected chi connectivity index (χ2v) is 7.93. The molecule has 2 N–H and O–H groups in total. The van der Waals surface area contributed by atoms with Crippen LogP contribution in [-0.2, 0) is 16.1 Å². The lowest BCUT2D eigenvalue weighted by atomic mass is 10.0. The first-order chi connectivity index (χ1) is 12.8. The van der Waals surface area contributed by atoms with Crippen LogP contribution in [0.15, 0.2) is 30.5 Å². The number of nitrogens with one attached hydrogen (secondary N) is 2. The van der Waals surface area contributed by atoms with Crippen LogP contribution in [0.25, 0.3) is 10.9 Å². The van der Waals surface area contributed by atoms with Gasteiger partial charge in [-0.2, -0.15) is 0 Å². The summed E-state index contributed by atoms with van der Waals surface area (Å²) < 4.78 is 1.84. The second-order valence-electron chi connectivity index (χ2n) is 7.49. The molecule has 1 aromatic carbocycles. The lowest BCUT2D eigenvalue weighted by Crippen LogP contribution is -2.49. The van der Waals surface area contributed by atoms with Gasteiger partial charge in [-0.25, -0.2) is 0 Å². The Morgan fingerprint density at radius 3 is 2.63 bits per heavy atom. The second kappa shape index (κ2) is 9.76. The minimum atomic E-state index is -0.537. The highest BCUT2D eigenvalue weighted by molar-refractivity contribution is 6.31. The Balaban J connectivity index is 2.01. The number of carbonyl (C=O) groups excluding carboxylic acids is 2. The summed E-state index contributed by atoms with van der Waals surface area (Å²) in [5.41, 5.74) is 0.897. The molecule has 0 fully saturated rings. The molecule has 2 amide bonds. The SMILES string of the molecule is CC(C)C[C@H](NC(=O)Cn1ccc2ccc(Cl)cc21)C(=O)NCCN(C)C. The molecule has 0 bridgehead atoms. The van der Waals surface area contributed by atoms with Crippen LogP contribution in [0.5, 0.6) is 0 Å². The van der Waals surface area contributed by atoms with E-state index < -0.39 is 6.04 Å². The first-order valence-corrected chi connectivity index (χ1v) is 9.60. The van der Waals surface area contributed by atoms with Crippen molar-refractivity contribution in [2.24, 2.45) is 5.92 Å². The van der Waals surface area contributed by atoms with Crippen LogP contribution in [0.3, 0.4) is 0 Å². The molecule has 0 aliphatic rings. The van der Waals surface area contributed by atoms with E-state index in [4.69, 9.17) is 11.6 Å². The van der Waals surface area contributed by atoms with E-state index in [1.165, 1.54) is 0 Å². The minimum Gasteiger partial charge on any atom is -0.353 e. The molecule has 2 aromatic rings. The maximum absolute atomic E-state index is 12.6. The topological polar surface area (TPSA) is 66.4 Å². The van der Waals surface area contributed by atoms with Crippen molar-refractivity contribution in [2.45, 2.75) is 32.9 Å². The van der Waals surface area contributed by atoms with E-state index in [-0.39, 0.29) is 18.4 Å². The van der Waals surface area contributed by atoms with E-state index >= 15 is 0 Å². The van der Waals surface area contributed by atoms with E-state index in [1.54, 1.807) is 0 Å². The smallest absolute Gasteiger partial charge is 0.242 e. The third kappa shape index (κ3) is 6.56. The van der Waals surface area contributed by atoms with Crippen molar-refractivity contribution < 1.29 is 9.59 Å². The molecule has 1 aromatic heterocycles. The van der Waals surface area contributed by atoms with Gasteiger partial charge >= 0.3 is 0 Å². The molecular weight excluding hydrogens is 364 g/mol. The molecular formula is C20H29ClN4O2. The summed E-state index contributed by atoms with van der Waals surface area (Å²) in [4.78, 5) is 27.0. The van der Waals surface area contributed by atoms with Crippen molar-refractivity contribution in [1.82, 2.24) is 20.1 Å². The third-order valence-electron chi connectivity index (χ3n) is 4.27. The van der Waals surface area contributed by atoms with Crippen LogP contribution in [0.4, 0.5) is 0 Å². The van der Waals surface area contributed by atoms with Crippen LogP contribution in [0, 0.1) is 5.92 Å². The lowest BCUT2D eigenvalue weighted by Gasteiger charge is -2.21. The molecule has 6 nitrogen and oxygen atoms in total. The van der Waals surface area contributed by atoms with Gasteiger partial charge in [0.1, 0.15) is 12.6 Å². The van der Waals surface area contributed by atoms with Crippen molar-refractivity contribution in [3.05, 3.63) is 35.5 Å². The average Bonchev–Trinajstić information content (AvgIpc) is 2.95. The number of benzene rings is 1. The van der Waals surface area contributed by atoms with Crippen molar-refractivity contribution in [1.29, 1.82) is 0 Å². The zero-order valence-corrected chi connectivity index (χ0v) is 17.2. The fourth-order valence-electron chi connectivity index (χ4n) is 2.92. The summed E-state index contributed by atoms with van der Waals surface area (Å²) in [5, 5.41) is 7.43. The van der Waals surface area contributed by atoms with Gasteiger partial charge in [0.15, 0.2) is 0 Å². The summed E-state index contributed by atoms with van der Waals surface area (Å²) in [6.45, 7) is 5.52. The van der Waals surface area contributed by atoms with Gasteiger partial charge in [0.25, 0.3) is 0 Å². The molecule has 0 aliphatic heterocycles. The van der Waals surface area contributed by atoms with Crippen LogP contribution in [0.2, 0.25) is 5.02 Å². The molecule has 0 radical (unpaired) electrons. The Morgan fingerprint density at radius 2 is 1.96 bits per heavy atom. The molecule has 0 unspecified atom stereocenters. The Labute approximate surface area is 165 Å². The predicted octanol–water partition coefficient (Wildman–Crippen LogP) is 2.50. The van der Waals surface area contributed by atoms with Gasteiger partial charge in [0.2, 0.25) is 11.8 Å². The Bertz CT molecular complexity index is 785. The minimum absolute atomic E-state index is 0.140. The number of nitrogens with zero attached hydrogens (tertiary/aromatic N) is 2. The molecule has 27 heavy (non-hydrogen) atoms. The highest BCUT2D eigenvalue weighted by atomic mass is 35.5. The quantitative estimate of drug-likeness (QED) is 0.689. The summed E-state index contributed by atoms with van der Waals surface area (Å²) >= 11 is 6.07. The maximum Gasteiger partial charge on any atom is 0.242 e. The van der Waals surface area contributed by atoms with E-state index in [9.17, 15) is 9.59 Å². The Kier molecular flexibility index (Phi) is 7.68. The Morgan fingerprint density at radius 1 is 1.22 bits per heavy atom. The molecule has 2 rings (SSSR count). The van der Waals surface area contributed by atoms with E-state index in [1.807, 2.05) is 67.9 Å². The van der Waals surface area contributed by atoms with Gasteiger partial charge in [-0.15, -0.1) is 0 Å². The van der Waals surface area contributed by atoms with Crippen LogP contribution < -0.4 is 10.6 Å². The van der Waals surface area contributed by atoms with Gasteiger partial charge in [0.05, 0.1) is 0 Å². The van der Waals surface area contributed by atoms with Gasteiger partial charge in [0, 0.05) is 29.8 Å². The predicted molar refractivity (Wildman–Crippen MR) is 110 cm³/mol. The molecule has 0 saturated heterocycles. The first kappa shape index (κ1) is 21.3. The van der Waals surface area contributed by atoms with Crippen LogP contribution in [0.1, 0.15) is 20.3 Å². The summed E-state index contributed by atoms with van der Waals surface area (Å²) in [5.74, 6) is -0.0405. The van der Waals surface area contributed by atoms with E-state index in [0.717, 1.165) is 17.4 Å². The molecule has 0 saturated carbocycles. The number of halogens is 1. The van der Waals surface area contributed by atoms with Gasteiger partial charge in [-0.1, -0.05) is 31.5 Å². The van der Waals surface area contributed by atoms with Gasteiger partial charge in [-0.3, -0.25) is 9.59 Å². The zero-order chi connectivity index (χ0) is 20.0. The number of aromatic nitrogens is 1. The van der Waals surface area contributed by atoms with Crippen molar-refractivity contribution in [2.75, 3.05) is 27.2 Å². The van der Waals surface area contributed by atoms with Crippen molar-refractivity contribution in [3.63, 3.8) is 0 Å². The number of carbonyl (C=O) groups is 2. The third-order valence-corrected chi connectivity index (χ3v) is 4.50. The normalized spacial score (nSPS) is 12.6. The fourth-order valence-corrected chi connectivity index (χ4v) is 3.08. The Hall–Kier alpha value is -2.05. The summed E-state index contributed by atoms with van der Waals surface area (Å²) in [7, 11) is 3.90. The largest absolute Gasteiger partial charge is 0.353 e. The number of likely N-dealkylation sites (N-methyl/N-ethyl adjacent to an activating group) is 1. The van der Waals surface area contributed by atoms with Crippen LogP contribution >= 0.6 is 11.6 Å². The van der Waals surface area contributed by atoms with Gasteiger partial charge < -0.3 is 20.1 Å². The highest BCUT2D eigenvalue weighted by Gasteiger charge is 2.22. The zero-order valence-electron chi connectivity index (χ0n) is 16.5. The number of hydrogen-bond acceptors (Lipinski definition) is 3. The van der Waals surface area contributed by atoms with E-state index in [2.05, 4.69) is 10.6 Å². The summed E-state index contributed by atoms with van der Waals surface area (Å²) in [6.07, 6.45) is 2.45.